The molecule has 6 nitrogen and oxygen atoms in total. The molecular formula is C19H24N4O2S. The molecule has 1 fully saturated rings. The Kier molecular flexibility index (Phi) is 5.88. The average molecular weight is 372 g/mol. The maximum Gasteiger partial charge on any atom is 0.262 e. The van der Waals surface area contributed by atoms with Crippen LogP contribution in [0.25, 0.3) is 0 Å². The summed E-state index contributed by atoms with van der Waals surface area (Å²) in [5.41, 5.74) is 1.12. The van der Waals surface area contributed by atoms with Crippen molar-refractivity contribution in [1.29, 1.82) is 0 Å². The second-order valence-corrected chi connectivity index (χ2v) is 7.64. The highest BCUT2D eigenvalue weighted by Crippen LogP contribution is 2.17. The molecule has 26 heavy (non-hydrogen) atoms. The summed E-state index contributed by atoms with van der Waals surface area (Å²) < 4.78 is 0. The molecule has 7 heteroatoms. The van der Waals surface area contributed by atoms with E-state index in [0.717, 1.165) is 18.8 Å². The van der Waals surface area contributed by atoms with Crippen molar-refractivity contribution in [1.82, 2.24) is 15.2 Å². The highest BCUT2D eigenvalue weighted by atomic mass is 32.1. The van der Waals surface area contributed by atoms with Crippen LogP contribution in [0.2, 0.25) is 0 Å². The van der Waals surface area contributed by atoms with E-state index >= 15 is 0 Å². The summed E-state index contributed by atoms with van der Waals surface area (Å²) in [7, 11) is 0. The Morgan fingerprint density at radius 2 is 1.81 bits per heavy atom. The summed E-state index contributed by atoms with van der Waals surface area (Å²) in [5, 5.41) is 4.78. The van der Waals surface area contributed by atoms with Gasteiger partial charge >= 0.3 is 0 Å². The average Bonchev–Trinajstić information content (AvgIpc) is 3.21. The Morgan fingerprint density at radius 1 is 1.12 bits per heavy atom. The lowest BCUT2D eigenvalue weighted by molar-refractivity contribution is -0.134. The third kappa shape index (κ3) is 4.22. The summed E-state index contributed by atoms with van der Waals surface area (Å²) in [5.74, 6) is -0.147. The SMILES string of the molecule is CC(C)[C@H](NC(=O)c1cccs1)C(=O)N1CCN(c2ccncc2)CC1. The number of carbonyl (C=O) groups excluding carboxylic acids is 2. The van der Waals surface area contributed by atoms with E-state index in [4.69, 9.17) is 0 Å². The molecule has 0 unspecified atom stereocenters. The molecule has 1 aliphatic heterocycles. The first-order valence-corrected chi connectivity index (χ1v) is 9.72. The highest BCUT2D eigenvalue weighted by Gasteiger charge is 2.31. The van der Waals surface area contributed by atoms with Gasteiger partial charge in [0, 0.05) is 44.3 Å². The van der Waals surface area contributed by atoms with E-state index in [2.05, 4.69) is 15.2 Å². The zero-order valence-corrected chi connectivity index (χ0v) is 15.9. The van der Waals surface area contributed by atoms with Crippen molar-refractivity contribution in [2.75, 3.05) is 31.1 Å². The van der Waals surface area contributed by atoms with Gasteiger partial charge in [-0.05, 0) is 29.5 Å². The number of nitrogens with one attached hydrogen (secondary N) is 1. The molecule has 1 aliphatic rings. The smallest absolute Gasteiger partial charge is 0.262 e. The number of nitrogens with zero attached hydrogens (tertiary/aromatic N) is 3. The third-order valence-corrected chi connectivity index (χ3v) is 5.45. The van der Waals surface area contributed by atoms with Crippen LogP contribution in [0.4, 0.5) is 5.69 Å². The number of carbonyl (C=O) groups is 2. The van der Waals surface area contributed by atoms with Gasteiger partial charge in [0.1, 0.15) is 6.04 Å². The van der Waals surface area contributed by atoms with Crippen molar-refractivity contribution in [3.8, 4) is 0 Å². The molecule has 1 saturated heterocycles. The topological polar surface area (TPSA) is 65.5 Å². The van der Waals surface area contributed by atoms with Crippen LogP contribution in [0.1, 0.15) is 23.5 Å². The van der Waals surface area contributed by atoms with Gasteiger partial charge in [-0.25, -0.2) is 0 Å². The van der Waals surface area contributed by atoms with Crippen LogP contribution in [0.5, 0.6) is 0 Å². The van der Waals surface area contributed by atoms with Crippen LogP contribution < -0.4 is 10.2 Å². The molecule has 2 aromatic rings. The number of amides is 2. The molecule has 2 aromatic heterocycles. The van der Waals surface area contributed by atoms with Crippen LogP contribution in [0.15, 0.2) is 42.0 Å². The van der Waals surface area contributed by atoms with Gasteiger partial charge in [0.25, 0.3) is 5.91 Å². The molecule has 0 aromatic carbocycles. The molecule has 0 saturated carbocycles. The van der Waals surface area contributed by atoms with E-state index in [-0.39, 0.29) is 17.7 Å². The van der Waals surface area contributed by atoms with Gasteiger partial charge in [0.15, 0.2) is 0 Å². The van der Waals surface area contributed by atoms with Crippen LogP contribution in [0, 0.1) is 5.92 Å². The number of aromatic nitrogens is 1. The lowest BCUT2D eigenvalue weighted by Gasteiger charge is -2.38. The van der Waals surface area contributed by atoms with Crippen LogP contribution in [0.3, 0.4) is 0 Å². The Balaban J connectivity index is 1.60. The number of piperazine rings is 1. The van der Waals surface area contributed by atoms with E-state index in [1.165, 1.54) is 11.3 Å². The van der Waals surface area contributed by atoms with Gasteiger partial charge < -0.3 is 15.1 Å². The normalized spacial score (nSPS) is 15.8. The van der Waals surface area contributed by atoms with Gasteiger partial charge in [0.2, 0.25) is 5.91 Å². The van der Waals surface area contributed by atoms with Crippen molar-refractivity contribution in [2.24, 2.45) is 5.92 Å². The molecule has 2 amide bonds. The number of hydrogen-bond donors (Lipinski definition) is 1. The van der Waals surface area contributed by atoms with Gasteiger partial charge in [0.05, 0.1) is 4.88 Å². The number of anilines is 1. The Hall–Kier alpha value is -2.41. The van der Waals surface area contributed by atoms with Crippen molar-refractivity contribution in [3.05, 3.63) is 46.9 Å². The molecule has 1 atom stereocenters. The summed E-state index contributed by atoms with van der Waals surface area (Å²) in [6.07, 6.45) is 3.56. The first-order chi connectivity index (χ1) is 12.6. The summed E-state index contributed by atoms with van der Waals surface area (Å²) >= 11 is 1.38. The zero-order chi connectivity index (χ0) is 18.5. The van der Waals surface area contributed by atoms with Crippen molar-refractivity contribution < 1.29 is 9.59 Å². The minimum atomic E-state index is -0.503. The molecule has 0 bridgehead atoms. The second kappa shape index (κ2) is 8.31. The standard InChI is InChI=1S/C19H24N4O2S/c1-14(2)17(21-18(24)16-4-3-13-26-16)19(25)23-11-9-22(10-12-23)15-5-7-20-8-6-15/h3-8,13-14,17H,9-12H2,1-2H3,(H,21,24)/t17-/m0/s1. The Labute approximate surface area is 157 Å². The molecular weight excluding hydrogens is 348 g/mol. The lowest BCUT2D eigenvalue weighted by atomic mass is 10.0. The van der Waals surface area contributed by atoms with Crippen molar-refractivity contribution in [2.45, 2.75) is 19.9 Å². The summed E-state index contributed by atoms with van der Waals surface area (Å²) in [4.78, 5) is 34.1. The maximum atomic E-state index is 13.0. The fourth-order valence-corrected chi connectivity index (χ4v) is 3.70. The van der Waals surface area contributed by atoms with Gasteiger partial charge in [-0.2, -0.15) is 0 Å². The number of hydrogen-bond acceptors (Lipinski definition) is 5. The molecule has 3 rings (SSSR count). The van der Waals surface area contributed by atoms with Crippen molar-refractivity contribution in [3.63, 3.8) is 0 Å². The minimum Gasteiger partial charge on any atom is -0.368 e. The van der Waals surface area contributed by atoms with Gasteiger partial charge in [-0.1, -0.05) is 19.9 Å². The number of thiophene rings is 1. The zero-order valence-electron chi connectivity index (χ0n) is 15.1. The highest BCUT2D eigenvalue weighted by molar-refractivity contribution is 7.12. The van der Waals surface area contributed by atoms with Crippen LogP contribution in [-0.2, 0) is 4.79 Å². The predicted molar refractivity (Wildman–Crippen MR) is 103 cm³/mol. The van der Waals surface area contributed by atoms with E-state index in [0.29, 0.717) is 18.0 Å². The molecule has 3 heterocycles. The first kappa shape index (κ1) is 18.4. The fraction of sp³-hybridized carbons (Fsp3) is 0.421. The maximum absolute atomic E-state index is 13.0. The summed E-state index contributed by atoms with van der Waals surface area (Å²) in [6, 6.07) is 7.07. The molecule has 0 radical (unpaired) electrons. The minimum absolute atomic E-state index is 0.000663. The largest absolute Gasteiger partial charge is 0.368 e. The number of rotatable bonds is 5. The summed E-state index contributed by atoms with van der Waals surface area (Å²) in [6.45, 7) is 6.78. The second-order valence-electron chi connectivity index (χ2n) is 6.69. The first-order valence-electron chi connectivity index (χ1n) is 8.84. The van der Waals surface area contributed by atoms with E-state index in [1.54, 1.807) is 18.5 Å². The molecule has 0 aliphatic carbocycles. The Bertz CT molecular complexity index is 725. The predicted octanol–water partition coefficient (Wildman–Crippen LogP) is 2.25. The van der Waals surface area contributed by atoms with E-state index in [1.807, 2.05) is 42.3 Å². The van der Waals surface area contributed by atoms with Gasteiger partial charge in [-0.15, -0.1) is 11.3 Å². The van der Waals surface area contributed by atoms with Crippen LogP contribution in [-0.4, -0.2) is 53.9 Å². The molecule has 138 valence electrons. The fourth-order valence-electron chi connectivity index (χ4n) is 3.07. The monoisotopic (exact) mass is 372 g/mol. The van der Waals surface area contributed by atoms with E-state index in [9.17, 15) is 9.59 Å². The molecule has 1 N–H and O–H groups in total. The third-order valence-electron chi connectivity index (χ3n) is 4.58. The quantitative estimate of drug-likeness (QED) is 0.874. The van der Waals surface area contributed by atoms with Crippen LogP contribution >= 0.6 is 11.3 Å². The van der Waals surface area contributed by atoms with E-state index < -0.39 is 6.04 Å². The number of pyridine rings is 1. The molecule has 0 spiro atoms. The Morgan fingerprint density at radius 3 is 2.38 bits per heavy atom. The van der Waals surface area contributed by atoms with Gasteiger partial charge in [-0.3, -0.25) is 14.6 Å². The van der Waals surface area contributed by atoms with Crippen molar-refractivity contribution >= 4 is 28.8 Å². The lowest BCUT2D eigenvalue weighted by Crippen LogP contribution is -2.56.